The third-order valence-corrected chi connectivity index (χ3v) is 16.0. The number of hydrogen-bond acceptors (Lipinski definition) is 1. The summed E-state index contributed by atoms with van der Waals surface area (Å²) in [6, 6.07) is 81.9. The van der Waals surface area contributed by atoms with Gasteiger partial charge in [0.05, 0.1) is 10.8 Å². The van der Waals surface area contributed by atoms with Crippen LogP contribution in [0.4, 0.5) is 17.1 Å². The fourth-order valence-electron chi connectivity index (χ4n) is 12.1. The van der Waals surface area contributed by atoms with E-state index >= 15 is 0 Å². The number of benzene rings is 9. The van der Waals surface area contributed by atoms with Crippen molar-refractivity contribution in [3.63, 3.8) is 0 Å². The average molecular weight is 922 g/mol. The van der Waals surface area contributed by atoms with Gasteiger partial charge in [0.2, 0.25) is 0 Å². The first-order valence-electron chi connectivity index (χ1n) is 25.9. The molecule has 0 N–H and O–H groups in total. The monoisotopic (exact) mass is 922 g/mol. The topological polar surface area (TPSA) is 3.24 Å². The van der Waals surface area contributed by atoms with E-state index in [2.05, 4.69) is 286 Å². The minimum Gasteiger partial charge on any atom is -0.310 e. The highest BCUT2D eigenvalue weighted by molar-refractivity contribution is 5.92. The van der Waals surface area contributed by atoms with Crippen LogP contribution >= 0.6 is 0 Å². The predicted octanol–water partition coefficient (Wildman–Crippen LogP) is 18.7. The van der Waals surface area contributed by atoms with Gasteiger partial charge >= 0.3 is 0 Å². The first-order valence-corrected chi connectivity index (χ1v) is 25.9. The molecule has 0 aliphatic heterocycles. The lowest BCUT2D eigenvalue weighted by atomic mass is 9.66. The maximum Gasteiger partial charge on any atom is 0.0714 e. The molecule has 71 heavy (non-hydrogen) atoms. The highest BCUT2D eigenvalue weighted by atomic mass is 15.1. The van der Waals surface area contributed by atoms with Crippen LogP contribution in [0.15, 0.2) is 212 Å². The molecule has 0 heterocycles. The van der Waals surface area contributed by atoms with Crippen molar-refractivity contribution in [2.24, 2.45) is 0 Å². The molecule has 0 atom stereocenters. The summed E-state index contributed by atoms with van der Waals surface area (Å²) in [5, 5.41) is 0. The Morgan fingerprint density at radius 3 is 0.986 bits per heavy atom. The Kier molecular flexibility index (Phi) is 11.2. The van der Waals surface area contributed by atoms with Gasteiger partial charge in [-0.05, 0) is 148 Å². The fraction of sp³-hybridized carbons (Fsp3) is 0.229. The molecule has 0 spiro atoms. The van der Waals surface area contributed by atoms with Gasteiger partial charge in [-0.1, -0.05) is 245 Å². The molecule has 0 unspecified atom stereocenters. The molecule has 9 aromatic carbocycles. The van der Waals surface area contributed by atoms with E-state index in [4.69, 9.17) is 0 Å². The number of anilines is 3. The first kappa shape index (κ1) is 46.2. The minimum absolute atomic E-state index is 0.0266. The molecule has 0 fully saturated rings. The van der Waals surface area contributed by atoms with Gasteiger partial charge in [0.1, 0.15) is 0 Å². The summed E-state index contributed by atoms with van der Waals surface area (Å²) in [5.41, 5.74) is 23.1. The Bertz CT molecular complexity index is 3280. The molecular weight excluding hydrogens is 855 g/mol. The van der Waals surface area contributed by atoms with Gasteiger partial charge in [-0.2, -0.15) is 0 Å². The van der Waals surface area contributed by atoms with E-state index < -0.39 is 10.8 Å². The Morgan fingerprint density at radius 1 is 0.310 bits per heavy atom. The number of hydrogen-bond donors (Lipinski definition) is 0. The third kappa shape index (κ3) is 7.42. The maximum absolute atomic E-state index is 2.52. The van der Waals surface area contributed by atoms with E-state index in [-0.39, 0.29) is 10.8 Å². The average Bonchev–Trinajstić information content (AvgIpc) is 3.84. The summed E-state index contributed by atoms with van der Waals surface area (Å²) < 4.78 is 0. The SMILES string of the molecule is CC(C)c1ccc(C2(c3ccc(C(C)C)cc3)c3ccccc3-c3ccc(N(c4ccccc4)c4ccc5c(c4)C(c4ccc(C(C)(C)C)cc4)(c4ccc(C(C)(C)C)cc4)c4ccccc4-5)cc32)cc1. The highest BCUT2D eigenvalue weighted by Gasteiger charge is 2.48. The van der Waals surface area contributed by atoms with Crippen LogP contribution in [0.3, 0.4) is 0 Å². The molecule has 0 saturated carbocycles. The molecule has 11 rings (SSSR count). The van der Waals surface area contributed by atoms with Gasteiger partial charge in [-0.25, -0.2) is 0 Å². The Labute approximate surface area is 423 Å². The Hall–Kier alpha value is -7.22. The summed E-state index contributed by atoms with van der Waals surface area (Å²) >= 11 is 0. The van der Waals surface area contributed by atoms with Gasteiger partial charge in [-0.3, -0.25) is 0 Å². The van der Waals surface area contributed by atoms with Crippen LogP contribution in [0.5, 0.6) is 0 Å². The zero-order chi connectivity index (χ0) is 49.5. The van der Waals surface area contributed by atoms with E-state index in [1.54, 1.807) is 0 Å². The predicted molar refractivity (Wildman–Crippen MR) is 301 cm³/mol. The summed E-state index contributed by atoms with van der Waals surface area (Å²) in [7, 11) is 0. The molecule has 0 amide bonds. The smallest absolute Gasteiger partial charge is 0.0714 e. The zero-order valence-corrected chi connectivity index (χ0v) is 43.3. The van der Waals surface area contributed by atoms with Gasteiger partial charge in [0.15, 0.2) is 0 Å². The van der Waals surface area contributed by atoms with E-state index in [1.807, 2.05) is 0 Å². The van der Waals surface area contributed by atoms with Crippen molar-refractivity contribution < 1.29 is 0 Å². The molecule has 0 bridgehead atoms. The minimum atomic E-state index is -0.573. The lowest BCUT2D eigenvalue weighted by Crippen LogP contribution is -2.29. The first-order chi connectivity index (χ1) is 34.1. The lowest BCUT2D eigenvalue weighted by Gasteiger charge is -2.36. The number of fused-ring (bicyclic) bond motifs is 6. The van der Waals surface area contributed by atoms with Crippen LogP contribution in [-0.2, 0) is 21.7 Å². The van der Waals surface area contributed by atoms with Crippen LogP contribution in [0.1, 0.15) is 148 Å². The van der Waals surface area contributed by atoms with Crippen LogP contribution in [-0.4, -0.2) is 0 Å². The van der Waals surface area contributed by atoms with Crippen molar-refractivity contribution >= 4 is 17.1 Å². The summed E-state index contributed by atoms with van der Waals surface area (Å²) in [4.78, 5) is 2.50. The quantitative estimate of drug-likeness (QED) is 0.139. The zero-order valence-electron chi connectivity index (χ0n) is 43.3. The Morgan fingerprint density at radius 2 is 0.634 bits per heavy atom. The van der Waals surface area contributed by atoms with E-state index in [1.165, 1.54) is 89.0 Å². The van der Waals surface area contributed by atoms with Gasteiger partial charge in [-0.15, -0.1) is 0 Å². The molecule has 9 aromatic rings. The third-order valence-electron chi connectivity index (χ3n) is 16.0. The van der Waals surface area contributed by atoms with Crippen LogP contribution < -0.4 is 4.90 Å². The number of para-hydroxylation sites is 1. The van der Waals surface area contributed by atoms with Crippen molar-refractivity contribution in [2.45, 2.75) is 103 Å². The van der Waals surface area contributed by atoms with Crippen molar-refractivity contribution in [3.8, 4) is 22.3 Å². The van der Waals surface area contributed by atoms with Crippen LogP contribution in [0, 0.1) is 0 Å². The second-order valence-corrected chi connectivity index (χ2v) is 22.9. The molecular formula is C70H67N. The van der Waals surface area contributed by atoms with Gasteiger partial charge in [0, 0.05) is 17.1 Å². The molecule has 0 aromatic heterocycles. The largest absolute Gasteiger partial charge is 0.310 e. The number of rotatable bonds is 9. The fourth-order valence-corrected chi connectivity index (χ4v) is 12.1. The summed E-state index contributed by atoms with van der Waals surface area (Å²) in [6.45, 7) is 23.0. The second kappa shape index (κ2) is 17.3. The Balaban J connectivity index is 1.17. The molecule has 0 saturated heterocycles. The van der Waals surface area contributed by atoms with Crippen LogP contribution in [0.25, 0.3) is 22.3 Å². The molecule has 1 heteroatoms. The van der Waals surface area contributed by atoms with Crippen LogP contribution in [0.2, 0.25) is 0 Å². The molecule has 0 radical (unpaired) electrons. The van der Waals surface area contributed by atoms with E-state index in [0.717, 1.165) is 17.1 Å². The van der Waals surface area contributed by atoms with Crippen molar-refractivity contribution in [2.75, 3.05) is 4.90 Å². The molecule has 2 aliphatic rings. The molecule has 2 aliphatic carbocycles. The molecule has 1 nitrogen and oxygen atoms in total. The van der Waals surface area contributed by atoms with E-state index in [9.17, 15) is 0 Å². The summed E-state index contributed by atoms with van der Waals surface area (Å²) in [6.07, 6.45) is 0. The standard InChI is InChI=1S/C70H67N/c1-46(2)48-24-28-52(29-25-48)69(53-30-26-49(27-31-53)47(3)4)63-22-16-14-20-59(63)61-42-40-57(44-65(61)69)71(56-18-12-11-13-19-56)58-41-43-62-60-21-15-17-23-64(60)70(66(62)45-58,54-36-32-50(33-37-54)67(5,6)7)55-38-34-51(35-39-55)68(8,9)10/h11-47H,1-10H3. The van der Waals surface area contributed by atoms with Gasteiger partial charge < -0.3 is 4.90 Å². The van der Waals surface area contributed by atoms with Crippen molar-refractivity contribution in [3.05, 3.63) is 279 Å². The molecule has 352 valence electrons. The van der Waals surface area contributed by atoms with Gasteiger partial charge in [0.25, 0.3) is 0 Å². The number of nitrogens with zero attached hydrogens (tertiary/aromatic N) is 1. The highest BCUT2D eigenvalue weighted by Crippen LogP contribution is 2.60. The van der Waals surface area contributed by atoms with Crippen molar-refractivity contribution in [1.82, 2.24) is 0 Å². The lowest BCUT2D eigenvalue weighted by molar-refractivity contribution is 0.588. The van der Waals surface area contributed by atoms with Crippen molar-refractivity contribution in [1.29, 1.82) is 0 Å². The maximum atomic E-state index is 2.52. The second-order valence-electron chi connectivity index (χ2n) is 22.9. The normalized spacial score (nSPS) is 14.3. The summed E-state index contributed by atoms with van der Waals surface area (Å²) in [5.74, 6) is 0.869. The van der Waals surface area contributed by atoms with E-state index in [0.29, 0.717) is 11.8 Å².